The summed E-state index contributed by atoms with van der Waals surface area (Å²) < 4.78 is 12.1. The van der Waals surface area contributed by atoms with Gasteiger partial charge in [-0.2, -0.15) is 0 Å². The summed E-state index contributed by atoms with van der Waals surface area (Å²) in [6.07, 6.45) is 2.11. The predicted molar refractivity (Wildman–Crippen MR) is 110 cm³/mol. The summed E-state index contributed by atoms with van der Waals surface area (Å²) >= 11 is 0. The second-order valence-electron chi connectivity index (χ2n) is 7.07. The van der Waals surface area contributed by atoms with Gasteiger partial charge in [0.05, 0.1) is 19.4 Å². The lowest BCUT2D eigenvalue weighted by Gasteiger charge is -2.26. The Bertz CT molecular complexity index is 1130. The Kier molecular flexibility index (Phi) is 5.53. The van der Waals surface area contributed by atoms with Crippen LogP contribution in [0.3, 0.4) is 0 Å². The molecule has 1 atom stereocenters. The zero-order valence-corrected chi connectivity index (χ0v) is 16.2. The van der Waals surface area contributed by atoms with Crippen LogP contribution in [0.15, 0.2) is 62.7 Å². The van der Waals surface area contributed by atoms with E-state index in [0.717, 1.165) is 12.0 Å². The average molecular weight is 410 g/mol. The fourth-order valence-electron chi connectivity index (χ4n) is 3.53. The molecule has 0 spiro atoms. The molecule has 1 aliphatic rings. The number of hydrogen-bond donors (Lipinski definition) is 2. The van der Waals surface area contributed by atoms with E-state index in [1.165, 1.54) is 15.7 Å². The zero-order valence-electron chi connectivity index (χ0n) is 16.2. The minimum atomic E-state index is -0.736. The van der Waals surface area contributed by atoms with Crippen LogP contribution < -0.4 is 21.9 Å². The van der Waals surface area contributed by atoms with E-state index in [4.69, 9.17) is 14.9 Å². The van der Waals surface area contributed by atoms with E-state index >= 15 is 0 Å². The van der Waals surface area contributed by atoms with E-state index in [9.17, 15) is 14.4 Å². The molecule has 3 N–H and O–H groups in total. The Hall–Kier alpha value is -3.59. The molecule has 4 rings (SSSR count). The maximum absolute atomic E-state index is 13.2. The van der Waals surface area contributed by atoms with E-state index < -0.39 is 23.3 Å². The van der Waals surface area contributed by atoms with Gasteiger partial charge in [-0.3, -0.25) is 24.0 Å². The number of amides is 1. The topological polar surface area (TPSA) is 124 Å². The van der Waals surface area contributed by atoms with Gasteiger partial charge in [0.2, 0.25) is 0 Å². The second kappa shape index (κ2) is 8.42. The minimum absolute atomic E-state index is 0.0114. The number of nitrogens with zero attached hydrogens (tertiary/aromatic N) is 2. The maximum atomic E-state index is 13.2. The number of aromatic amines is 1. The molecule has 1 aliphatic heterocycles. The number of nitrogens with one attached hydrogen (secondary N) is 1. The Morgan fingerprint density at radius 3 is 2.67 bits per heavy atom. The molecule has 0 bridgehead atoms. The fraction of sp³-hybridized carbons (Fsp3) is 0.286. The van der Waals surface area contributed by atoms with Crippen molar-refractivity contribution in [2.45, 2.75) is 32.0 Å². The molecule has 3 heterocycles. The van der Waals surface area contributed by atoms with Crippen molar-refractivity contribution in [3.63, 3.8) is 0 Å². The highest BCUT2D eigenvalue weighted by Crippen LogP contribution is 2.24. The standard InChI is InChI=1S/C21H22N4O5/c22-18-17(19(26)23-21(28)25(18)12-14-6-2-1-3-7-14)24(13-15-8-4-10-29-15)20(27)16-9-5-11-30-16/h1-4,6-8,10,16H,5,9,11-13,22H2,(H,23,26,28)/t16-/m0/s1. The molecule has 0 aliphatic carbocycles. The van der Waals surface area contributed by atoms with E-state index in [-0.39, 0.29) is 24.6 Å². The zero-order chi connectivity index (χ0) is 21.1. The molecule has 9 nitrogen and oxygen atoms in total. The molecule has 0 unspecified atom stereocenters. The number of nitrogens with two attached hydrogens (primary N) is 1. The third-order valence-electron chi connectivity index (χ3n) is 5.03. The third-order valence-corrected chi connectivity index (χ3v) is 5.03. The van der Waals surface area contributed by atoms with Crippen LogP contribution in [-0.4, -0.2) is 28.2 Å². The summed E-state index contributed by atoms with van der Waals surface area (Å²) in [5.41, 5.74) is 5.63. The van der Waals surface area contributed by atoms with Crippen LogP contribution in [-0.2, 0) is 22.6 Å². The lowest BCUT2D eigenvalue weighted by molar-refractivity contribution is -0.127. The summed E-state index contributed by atoms with van der Waals surface area (Å²) in [7, 11) is 0. The molecule has 1 saturated heterocycles. The first kappa shape index (κ1) is 19.7. The number of anilines is 2. The van der Waals surface area contributed by atoms with E-state index in [2.05, 4.69) is 4.98 Å². The normalized spacial score (nSPS) is 15.9. The lowest BCUT2D eigenvalue weighted by atomic mass is 10.2. The van der Waals surface area contributed by atoms with Gasteiger partial charge < -0.3 is 14.9 Å². The van der Waals surface area contributed by atoms with Crippen molar-refractivity contribution in [1.82, 2.24) is 9.55 Å². The number of aromatic nitrogens is 2. The van der Waals surface area contributed by atoms with Crippen molar-refractivity contribution < 1.29 is 13.9 Å². The molecule has 1 fully saturated rings. The van der Waals surface area contributed by atoms with Crippen molar-refractivity contribution in [2.24, 2.45) is 0 Å². The SMILES string of the molecule is Nc1c(N(Cc2ccco2)C(=O)[C@@H]2CCCO2)c(=O)[nH]c(=O)n1Cc1ccccc1. The lowest BCUT2D eigenvalue weighted by Crippen LogP contribution is -2.44. The fourth-order valence-corrected chi connectivity index (χ4v) is 3.53. The van der Waals surface area contributed by atoms with Crippen LogP contribution in [0.1, 0.15) is 24.2 Å². The molecule has 30 heavy (non-hydrogen) atoms. The molecular formula is C21H22N4O5. The molecule has 9 heteroatoms. The van der Waals surface area contributed by atoms with Gasteiger partial charge in [0.15, 0.2) is 5.69 Å². The number of hydrogen-bond acceptors (Lipinski definition) is 6. The molecule has 0 saturated carbocycles. The molecule has 3 aromatic rings. The predicted octanol–water partition coefficient (Wildman–Crippen LogP) is 1.47. The number of benzene rings is 1. The smallest absolute Gasteiger partial charge is 0.330 e. The van der Waals surface area contributed by atoms with Gasteiger partial charge in [-0.25, -0.2) is 4.79 Å². The monoisotopic (exact) mass is 410 g/mol. The summed E-state index contributed by atoms with van der Waals surface area (Å²) in [6.45, 7) is 0.616. The number of H-pyrrole nitrogens is 1. The Morgan fingerprint density at radius 2 is 2.00 bits per heavy atom. The minimum Gasteiger partial charge on any atom is -0.467 e. The highest BCUT2D eigenvalue weighted by Gasteiger charge is 2.33. The van der Waals surface area contributed by atoms with Crippen molar-refractivity contribution in [3.05, 3.63) is 80.9 Å². The van der Waals surface area contributed by atoms with Crippen molar-refractivity contribution in [2.75, 3.05) is 17.2 Å². The van der Waals surface area contributed by atoms with Crippen LogP contribution in [0.5, 0.6) is 0 Å². The molecule has 2 aromatic heterocycles. The summed E-state index contributed by atoms with van der Waals surface area (Å²) in [5, 5.41) is 0. The Labute approximate surface area is 171 Å². The quantitative estimate of drug-likeness (QED) is 0.634. The number of carbonyl (C=O) groups is 1. The van der Waals surface area contributed by atoms with Crippen LogP contribution in [0.25, 0.3) is 0 Å². The highest BCUT2D eigenvalue weighted by molar-refractivity contribution is 5.98. The van der Waals surface area contributed by atoms with E-state index in [0.29, 0.717) is 18.8 Å². The second-order valence-corrected chi connectivity index (χ2v) is 7.07. The summed E-state index contributed by atoms with van der Waals surface area (Å²) in [6, 6.07) is 12.6. The summed E-state index contributed by atoms with van der Waals surface area (Å²) in [4.78, 5) is 41.9. The first-order chi connectivity index (χ1) is 14.5. The van der Waals surface area contributed by atoms with Gasteiger partial charge in [-0.05, 0) is 30.5 Å². The molecule has 156 valence electrons. The van der Waals surface area contributed by atoms with Crippen LogP contribution in [0.4, 0.5) is 11.5 Å². The van der Waals surface area contributed by atoms with Gasteiger partial charge in [0, 0.05) is 6.61 Å². The number of furan rings is 1. The molecular weight excluding hydrogens is 388 g/mol. The van der Waals surface area contributed by atoms with Crippen LogP contribution in [0, 0.1) is 0 Å². The van der Waals surface area contributed by atoms with E-state index in [1.807, 2.05) is 30.3 Å². The summed E-state index contributed by atoms with van der Waals surface area (Å²) in [5.74, 6) is -0.0162. The first-order valence-electron chi connectivity index (χ1n) is 9.66. The first-order valence-corrected chi connectivity index (χ1v) is 9.66. The number of carbonyl (C=O) groups excluding carboxylic acids is 1. The van der Waals surface area contributed by atoms with Crippen molar-refractivity contribution >= 4 is 17.4 Å². The largest absolute Gasteiger partial charge is 0.467 e. The van der Waals surface area contributed by atoms with Gasteiger partial charge in [0.25, 0.3) is 11.5 Å². The van der Waals surface area contributed by atoms with Crippen molar-refractivity contribution in [3.8, 4) is 0 Å². The van der Waals surface area contributed by atoms with Crippen LogP contribution in [0.2, 0.25) is 0 Å². The van der Waals surface area contributed by atoms with Gasteiger partial charge >= 0.3 is 5.69 Å². The highest BCUT2D eigenvalue weighted by atomic mass is 16.5. The number of ether oxygens (including phenoxy) is 1. The number of nitrogen functional groups attached to an aromatic ring is 1. The van der Waals surface area contributed by atoms with Crippen LogP contribution >= 0.6 is 0 Å². The maximum Gasteiger partial charge on any atom is 0.330 e. The van der Waals surface area contributed by atoms with Crippen molar-refractivity contribution in [1.29, 1.82) is 0 Å². The number of rotatable bonds is 6. The molecule has 0 radical (unpaired) electrons. The molecule has 1 aromatic carbocycles. The average Bonchev–Trinajstić information content (AvgIpc) is 3.45. The Morgan fingerprint density at radius 1 is 1.20 bits per heavy atom. The van der Waals surface area contributed by atoms with Gasteiger partial charge in [0.1, 0.15) is 17.7 Å². The van der Waals surface area contributed by atoms with Gasteiger partial charge in [-0.15, -0.1) is 0 Å². The van der Waals surface area contributed by atoms with Gasteiger partial charge in [-0.1, -0.05) is 30.3 Å². The third kappa shape index (κ3) is 3.92. The Balaban J connectivity index is 1.79. The molecule has 1 amide bonds. The van der Waals surface area contributed by atoms with E-state index in [1.54, 1.807) is 12.1 Å².